The Kier molecular flexibility index (Phi) is 4.62. The normalized spacial score (nSPS) is 14.4. The number of carbonyl (C=O) groups is 1. The van der Waals surface area contributed by atoms with E-state index in [1.54, 1.807) is 11.9 Å². The number of rotatable bonds is 5. The summed E-state index contributed by atoms with van der Waals surface area (Å²) in [4.78, 5) is 17.7. The van der Waals surface area contributed by atoms with Crippen LogP contribution in [0.1, 0.15) is 31.9 Å². The van der Waals surface area contributed by atoms with E-state index < -0.39 is 6.04 Å². The van der Waals surface area contributed by atoms with Crippen LogP contribution in [0.3, 0.4) is 0 Å². The number of hydrogen-bond acceptors (Lipinski definition) is 4. The Morgan fingerprint density at radius 1 is 1.59 bits per heavy atom. The van der Waals surface area contributed by atoms with Gasteiger partial charge in [-0.2, -0.15) is 5.10 Å². The van der Waals surface area contributed by atoms with Crippen molar-refractivity contribution in [3.8, 4) is 0 Å². The van der Waals surface area contributed by atoms with Gasteiger partial charge in [-0.25, -0.2) is 4.98 Å². The van der Waals surface area contributed by atoms with E-state index in [9.17, 15) is 4.79 Å². The van der Waals surface area contributed by atoms with Gasteiger partial charge < -0.3 is 10.6 Å². The van der Waals surface area contributed by atoms with E-state index >= 15 is 0 Å². The lowest BCUT2D eigenvalue weighted by molar-refractivity contribution is -0.133. The van der Waals surface area contributed by atoms with Crippen LogP contribution >= 0.6 is 0 Å². The molecular weight excluding hydrogens is 218 g/mol. The predicted octanol–water partition coefficient (Wildman–Crippen LogP) is 0.445. The molecule has 1 aromatic heterocycles. The molecule has 0 bridgehead atoms. The van der Waals surface area contributed by atoms with Gasteiger partial charge in [0.2, 0.25) is 5.91 Å². The number of H-pyrrole nitrogens is 1. The lowest BCUT2D eigenvalue weighted by Crippen LogP contribution is -2.45. The summed E-state index contributed by atoms with van der Waals surface area (Å²) < 4.78 is 0. The molecule has 0 aliphatic rings. The average Bonchev–Trinajstić information content (AvgIpc) is 2.71. The molecule has 6 heteroatoms. The highest BCUT2D eigenvalue weighted by atomic mass is 16.2. The Labute approximate surface area is 102 Å². The van der Waals surface area contributed by atoms with Crippen LogP contribution in [-0.4, -0.2) is 39.1 Å². The number of nitrogens with two attached hydrogens (primary N) is 1. The summed E-state index contributed by atoms with van der Waals surface area (Å²) in [5, 5.41) is 6.74. The lowest BCUT2D eigenvalue weighted by atomic mass is 9.99. The van der Waals surface area contributed by atoms with Crippen molar-refractivity contribution in [2.75, 3.05) is 7.05 Å². The van der Waals surface area contributed by atoms with E-state index in [-0.39, 0.29) is 11.8 Å². The van der Waals surface area contributed by atoms with Crippen molar-refractivity contribution < 1.29 is 4.79 Å². The summed E-state index contributed by atoms with van der Waals surface area (Å²) in [5.74, 6) is 1.46. The second-order valence-corrected chi connectivity index (χ2v) is 4.44. The first-order valence-corrected chi connectivity index (χ1v) is 5.84. The Morgan fingerprint density at radius 2 is 2.24 bits per heavy atom. The largest absolute Gasteiger partial charge is 0.337 e. The van der Waals surface area contributed by atoms with Crippen molar-refractivity contribution in [2.24, 2.45) is 11.7 Å². The van der Waals surface area contributed by atoms with Crippen LogP contribution in [-0.2, 0) is 11.3 Å². The minimum absolute atomic E-state index is 0.0678. The van der Waals surface area contributed by atoms with Gasteiger partial charge >= 0.3 is 0 Å². The highest BCUT2D eigenvalue weighted by molar-refractivity contribution is 5.81. The first kappa shape index (κ1) is 13.6. The molecule has 0 saturated carbocycles. The fourth-order valence-corrected chi connectivity index (χ4v) is 1.50. The van der Waals surface area contributed by atoms with Crippen LogP contribution in [0.25, 0.3) is 0 Å². The maximum absolute atomic E-state index is 12.0. The van der Waals surface area contributed by atoms with E-state index in [1.807, 2.05) is 20.8 Å². The zero-order chi connectivity index (χ0) is 13.0. The van der Waals surface area contributed by atoms with Crippen LogP contribution < -0.4 is 5.73 Å². The van der Waals surface area contributed by atoms with Crippen LogP contribution in [0.4, 0.5) is 0 Å². The van der Waals surface area contributed by atoms with Gasteiger partial charge in [0.25, 0.3) is 0 Å². The molecule has 17 heavy (non-hydrogen) atoms. The first-order valence-electron chi connectivity index (χ1n) is 5.84. The molecule has 96 valence electrons. The summed E-state index contributed by atoms with van der Waals surface area (Å²) in [6.07, 6.45) is 0.889. The van der Waals surface area contributed by atoms with Crippen molar-refractivity contribution in [1.82, 2.24) is 20.1 Å². The zero-order valence-electron chi connectivity index (χ0n) is 10.9. The van der Waals surface area contributed by atoms with Crippen LogP contribution in [0.5, 0.6) is 0 Å². The van der Waals surface area contributed by atoms with Gasteiger partial charge in [0, 0.05) is 7.05 Å². The monoisotopic (exact) mass is 239 g/mol. The van der Waals surface area contributed by atoms with Gasteiger partial charge in [0.1, 0.15) is 5.82 Å². The number of nitrogens with one attached hydrogen (secondary N) is 1. The number of hydrogen-bond donors (Lipinski definition) is 2. The predicted molar refractivity (Wildman–Crippen MR) is 65.0 cm³/mol. The van der Waals surface area contributed by atoms with Gasteiger partial charge in [0.05, 0.1) is 12.6 Å². The molecular formula is C11H21N5O. The summed E-state index contributed by atoms with van der Waals surface area (Å²) in [6.45, 7) is 6.21. The second kappa shape index (κ2) is 5.77. The second-order valence-electron chi connectivity index (χ2n) is 4.44. The molecule has 0 spiro atoms. The minimum atomic E-state index is -0.454. The van der Waals surface area contributed by atoms with Crippen molar-refractivity contribution in [1.29, 1.82) is 0 Å². The summed E-state index contributed by atoms with van der Waals surface area (Å²) in [7, 11) is 1.72. The van der Waals surface area contributed by atoms with Crippen molar-refractivity contribution in [3.05, 3.63) is 11.6 Å². The van der Waals surface area contributed by atoms with Crippen molar-refractivity contribution in [2.45, 2.75) is 39.8 Å². The Bertz CT molecular complexity index is 376. The lowest BCUT2D eigenvalue weighted by Gasteiger charge is -2.23. The quantitative estimate of drug-likeness (QED) is 0.780. The van der Waals surface area contributed by atoms with Gasteiger partial charge in [-0.1, -0.05) is 20.3 Å². The number of nitrogens with zero attached hydrogens (tertiary/aromatic N) is 3. The molecule has 1 rings (SSSR count). The molecule has 2 atom stereocenters. The van der Waals surface area contributed by atoms with Gasteiger partial charge in [0.15, 0.2) is 5.82 Å². The molecule has 3 N–H and O–H groups in total. The molecule has 1 heterocycles. The third-order valence-corrected chi connectivity index (χ3v) is 2.94. The highest BCUT2D eigenvalue weighted by Gasteiger charge is 2.23. The maximum Gasteiger partial charge on any atom is 0.239 e. The first-order chi connectivity index (χ1) is 7.95. The van der Waals surface area contributed by atoms with Crippen LogP contribution in [0.2, 0.25) is 0 Å². The van der Waals surface area contributed by atoms with Crippen molar-refractivity contribution in [3.63, 3.8) is 0 Å². The number of aromatic nitrogens is 3. The zero-order valence-corrected chi connectivity index (χ0v) is 10.9. The highest BCUT2D eigenvalue weighted by Crippen LogP contribution is 2.09. The van der Waals surface area contributed by atoms with E-state index in [2.05, 4.69) is 15.2 Å². The Hall–Kier alpha value is -1.43. The van der Waals surface area contributed by atoms with Crippen LogP contribution in [0, 0.1) is 12.8 Å². The molecule has 0 aliphatic heterocycles. The maximum atomic E-state index is 12.0. The third kappa shape index (κ3) is 3.52. The topological polar surface area (TPSA) is 87.9 Å². The fourth-order valence-electron chi connectivity index (χ4n) is 1.50. The standard InChI is InChI=1S/C11H21N5O/c1-5-7(2)10(12)11(17)16(4)6-9-13-8(3)14-15-9/h7,10H,5-6,12H2,1-4H3,(H,13,14,15)/t7-,10-/m0/s1. The summed E-state index contributed by atoms with van der Waals surface area (Å²) in [6, 6.07) is -0.454. The fraction of sp³-hybridized carbons (Fsp3) is 0.727. The van der Waals surface area contributed by atoms with Crippen molar-refractivity contribution >= 4 is 5.91 Å². The van der Waals surface area contributed by atoms with Gasteiger partial charge in [-0.05, 0) is 12.8 Å². The number of likely N-dealkylation sites (N-methyl/N-ethyl adjacent to an activating group) is 1. The van der Waals surface area contributed by atoms with Gasteiger partial charge in [-0.15, -0.1) is 0 Å². The molecule has 0 aliphatic carbocycles. The summed E-state index contributed by atoms with van der Waals surface area (Å²) in [5.41, 5.74) is 5.89. The molecule has 6 nitrogen and oxygen atoms in total. The number of aryl methyl sites for hydroxylation is 1. The molecule has 1 aromatic rings. The SMILES string of the molecule is CC[C@H](C)[C@H](N)C(=O)N(C)Cc1n[nH]c(C)n1. The number of carbonyl (C=O) groups excluding carboxylic acids is 1. The van der Waals surface area contributed by atoms with E-state index in [4.69, 9.17) is 5.73 Å². The Balaban J connectivity index is 2.58. The van der Waals surface area contributed by atoms with Gasteiger partial charge in [-0.3, -0.25) is 9.89 Å². The van der Waals surface area contributed by atoms with E-state index in [0.717, 1.165) is 12.2 Å². The molecule has 0 radical (unpaired) electrons. The molecule has 0 aromatic carbocycles. The average molecular weight is 239 g/mol. The number of amides is 1. The third-order valence-electron chi connectivity index (χ3n) is 2.94. The number of aromatic amines is 1. The molecule has 0 fully saturated rings. The van der Waals surface area contributed by atoms with E-state index in [0.29, 0.717) is 12.4 Å². The molecule has 0 unspecified atom stereocenters. The summed E-state index contributed by atoms with van der Waals surface area (Å²) >= 11 is 0. The minimum Gasteiger partial charge on any atom is -0.337 e. The smallest absolute Gasteiger partial charge is 0.239 e. The molecule has 1 amide bonds. The molecule has 0 saturated heterocycles. The van der Waals surface area contributed by atoms with Crippen LogP contribution in [0.15, 0.2) is 0 Å². The van der Waals surface area contributed by atoms with E-state index in [1.165, 1.54) is 0 Å². The Morgan fingerprint density at radius 3 is 2.71 bits per heavy atom.